The Labute approximate surface area is 91.4 Å². The summed E-state index contributed by atoms with van der Waals surface area (Å²) in [6, 6.07) is 1.48. The van der Waals surface area contributed by atoms with E-state index in [0.29, 0.717) is 28.8 Å². The molecule has 2 nitrogen and oxygen atoms in total. The van der Waals surface area contributed by atoms with E-state index in [-0.39, 0.29) is 5.82 Å². The summed E-state index contributed by atoms with van der Waals surface area (Å²) in [5.41, 5.74) is 6.78. The summed E-state index contributed by atoms with van der Waals surface area (Å²) in [7, 11) is 1.57. The van der Waals surface area contributed by atoms with Gasteiger partial charge in [0.2, 0.25) is 0 Å². The van der Waals surface area contributed by atoms with Crippen molar-refractivity contribution in [2.45, 2.75) is 13.3 Å². The third-order valence-corrected chi connectivity index (χ3v) is 3.05. The number of nitrogens with two attached hydrogens (primary N) is 1. The maximum absolute atomic E-state index is 13.4. The second-order valence-electron chi connectivity index (χ2n) is 3.03. The van der Waals surface area contributed by atoms with Crippen LogP contribution >= 0.6 is 15.9 Å². The predicted octanol–water partition coefficient (Wildman–Crippen LogP) is 2.41. The van der Waals surface area contributed by atoms with Crippen LogP contribution in [-0.4, -0.2) is 13.7 Å². The van der Waals surface area contributed by atoms with Crippen LogP contribution in [0.25, 0.3) is 0 Å². The molecule has 1 aromatic rings. The first-order valence-electron chi connectivity index (χ1n) is 4.33. The molecule has 0 bridgehead atoms. The maximum Gasteiger partial charge on any atom is 0.136 e. The van der Waals surface area contributed by atoms with E-state index in [1.807, 2.05) is 0 Å². The fourth-order valence-electron chi connectivity index (χ4n) is 1.30. The highest BCUT2D eigenvalue weighted by Crippen LogP contribution is 2.33. The average molecular weight is 262 g/mol. The Hall–Kier alpha value is -0.610. The highest BCUT2D eigenvalue weighted by atomic mass is 79.9. The zero-order valence-electron chi connectivity index (χ0n) is 8.23. The fourth-order valence-corrected chi connectivity index (χ4v) is 1.91. The Balaban J connectivity index is 3.28. The van der Waals surface area contributed by atoms with Crippen molar-refractivity contribution in [3.63, 3.8) is 0 Å². The topological polar surface area (TPSA) is 35.2 Å². The van der Waals surface area contributed by atoms with Crippen LogP contribution in [0.5, 0.6) is 5.75 Å². The van der Waals surface area contributed by atoms with E-state index in [1.165, 1.54) is 6.07 Å². The lowest BCUT2D eigenvalue weighted by Gasteiger charge is -2.12. The van der Waals surface area contributed by atoms with Gasteiger partial charge in [0, 0.05) is 5.56 Å². The molecule has 0 saturated carbocycles. The van der Waals surface area contributed by atoms with Crippen molar-refractivity contribution >= 4 is 15.9 Å². The van der Waals surface area contributed by atoms with Gasteiger partial charge >= 0.3 is 0 Å². The van der Waals surface area contributed by atoms with Crippen LogP contribution < -0.4 is 10.5 Å². The first-order chi connectivity index (χ1) is 6.61. The number of halogens is 2. The van der Waals surface area contributed by atoms with E-state index >= 15 is 0 Å². The van der Waals surface area contributed by atoms with Crippen molar-refractivity contribution in [2.24, 2.45) is 5.73 Å². The van der Waals surface area contributed by atoms with Gasteiger partial charge in [-0.05, 0) is 47.4 Å². The summed E-state index contributed by atoms with van der Waals surface area (Å²) >= 11 is 3.31. The smallest absolute Gasteiger partial charge is 0.136 e. The monoisotopic (exact) mass is 261 g/mol. The lowest BCUT2D eigenvalue weighted by atomic mass is 10.1. The van der Waals surface area contributed by atoms with Crippen LogP contribution in [0.4, 0.5) is 4.39 Å². The van der Waals surface area contributed by atoms with Gasteiger partial charge in [-0.1, -0.05) is 0 Å². The first-order valence-corrected chi connectivity index (χ1v) is 5.12. The highest BCUT2D eigenvalue weighted by molar-refractivity contribution is 9.10. The highest BCUT2D eigenvalue weighted by Gasteiger charge is 2.13. The molecule has 0 heterocycles. The largest absolute Gasteiger partial charge is 0.495 e. The molecule has 0 aliphatic rings. The van der Waals surface area contributed by atoms with Gasteiger partial charge in [-0.2, -0.15) is 0 Å². The van der Waals surface area contributed by atoms with Crippen molar-refractivity contribution in [3.8, 4) is 5.75 Å². The third kappa shape index (κ3) is 2.07. The SMILES string of the molecule is COc1c(CCN)cc(F)c(C)c1Br. The number of benzene rings is 1. The minimum absolute atomic E-state index is 0.235. The van der Waals surface area contributed by atoms with Gasteiger partial charge in [0.1, 0.15) is 11.6 Å². The number of methoxy groups -OCH3 is 1. The normalized spacial score (nSPS) is 10.4. The van der Waals surface area contributed by atoms with E-state index in [2.05, 4.69) is 15.9 Å². The van der Waals surface area contributed by atoms with Crippen molar-refractivity contribution in [2.75, 3.05) is 13.7 Å². The van der Waals surface area contributed by atoms with Gasteiger partial charge in [-0.15, -0.1) is 0 Å². The van der Waals surface area contributed by atoms with Gasteiger partial charge in [0.25, 0.3) is 0 Å². The lowest BCUT2D eigenvalue weighted by Crippen LogP contribution is -2.06. The number of rotatable bonds is 3. The minimum Gasteiger partial charge on any atom is -0.495 e. The maximum atomic E-state index is 13.4. The van der Waals surface area contributed by atoms with Crippen molar-refractivity contribution in [1.29, 1.82) is 0 Å². The Morgan fingerprint density at radius 1 is 1.57 bits per heavy atom. The molecule has 1 aromatic carbocycles. The second kappa shape index (κ2) is 4.75. The lowest BCUT2D eigenvalue weighted by molar-refractivity contribution is 0.405. The predicted molar refractivity (Wildman–Crippen MR) is 58.1 cm³/mol. The van der Waals surface area contributed by atoms with Crippen molar-refractivity contribution in [3.05, 3.63) is 27.5 Å². The molecule has 0 amide bonds. The Morgan fingerprint density at radius 3 is 2.71 bits per heavy atom. The van der Waals surface area contributed by atoms with Gasteiger partial charge < -0.3 is 10.5 Å². The van der Waals surface area contributed by atoms with Crippen molar-refractivity contribution < 1.29 is 9.13 Å². The van der Waals surface area contributed by atoms with Crippen LogP contribution in [0.1, 0.15) is 11.1 Å². The Bertz CT molecular complexity index is 341. The molecule has 0 unspecified atom stereocenters. The van der Waals surface area contributed by atoms with E-state index in [4.69, 9.17) is 10.5 Å². The summed E-state index contributed by atoms with van der Waals surface area (Å²) in [6.07, 6.45) is 0.610. The zero-order valence-corrected chi connectivity index (χ0v) is 9.82. The summed E-state index contributed by atoms with van der Waals surface area (Å²) in [5.74, 6) is 0.440. The molecule has 78 valence electrons. The molecular formula is C10H13BrFNO. The summed E-state index contributed by atoms with van der Waals surface area (Å²) in [4.78, 5) is 0. The molecule has 0 saturated heterocycles. The quantitative estimate of drug-likeness (QED) is 0.907. The van der Waals surface area contributed by atoms with Crippen LogP contribution in [0.2, 0.25) is 0 Å². The number of ether oxygens (including phenoxy) is 1. The molecule has 14 heavy (non-hydrogen) atoms. The number of hydrogen-bond donors (Lipinski definition) is 1. The molecule has 0 aliphatic carbocycles. The molecule has 0 fully saturated rings. The van der Waals surface area contributed by atoms with E-state index < -0.39 is 0 Å². The van der Waals surface area contributed by atoms with Gasteiger partial charge in [0.15, 0.2) is 0 Å². The molecule has 0 spiro atoms. The first kappa shape index (κ1) is 11.5. The van der Waals surface area contributed by atoms with Crippen LogP contribution in [-0.2, 0) is 6.42 Å². The molecule has 1 rings (SSSR count). The van der Waals surface area contributed by atoms with Crippen molar-refractivity contribution in [1.82, 2.24) is 0 Å². The molecule has 2 N–H and O–H groups in total. The van der Waals surface area contributed by atoms with E-state index in [1.54, 1.807) is 14.0 Å². The summed E-state index contributed by atoms with van der Waals surface area (Å²) in [5, 5.41) is 0. The van der Waals surface area contributed by atoms with Gasteiger partial charge in [0.05, 0.1) is 11.6 Å². The third-order valence-electron chi connectivity index (χ3n) is 2.10. The number of hydrogen-bond acceptors (Lipinski definition) is 2. The molecular weight excluding hydrogens is 249 g/mol. The van der Waals surface area contributed by atoms with Crippen LogP contribution in [0, 0.1) is 12.7 Å². The Kier molecular flexibility index (Phi) is 3.89. The second-order valence-corrected chi connectivity index (χ2v) is 3.82. The zero-order chi connectivity index (χ0) is 10.7. The summed E-state index contributed by atoms with van der Waals surface area (Å²) < 4.78 is 19.2. The van der Waals surface area contributed by atoms with Crippen LogP contribution in [0.3, 0.4) is 0 Å². The molecule has 0 radical (unpaired) electrons. The van der Waals surface area contributed by atoms with Gasteiger partial charge in [-0.25, -0.2) is 4.39 Å². The molecule has 4 heteroatoms. The molecule has 0 atom stereocenters. The molecule has 0 aromatic heterocycles. The molecule has 0 aliphatic heterocycles. The summed E-state index contributed by atoms with van der Waals surface area (Å²) in [6.45, 7) is 2.18. The van der Waals surface area contributed by atoms with Crippen LogP contribution in [0.15, 0.2) is 10.5 Å². The fraction of sp³-hybridized carbons (Fsp3) is 0.400. The average Bonchev–Trinajstić information content (AvgIpc) is 2.16. The Morgan fingerprint density at radius 2 is 2.21 bits per heavy atom. The van der Waals surface area contributed by atoms with Gasteiger partial charge in [-0.3, -0.25) is 0 Å². The standard InChI is InChI=1S/C10H13BrFNO/c1-6-8(12)5-7(3-4-13)10(14-2)9(6)11/h5H,3-4,13H2,1-2H3. The van der Waals surface area contributed by atoms with E-state index in [0.717, 1.165) is 5.56 Å². The minimum atomic E-state index is -0.235. The van der Waals surface area contributed by atoms with E-state index in [9.17, 15) is 4.39 Å².